The predicted octanol–water partition coefficient (Wildman–Crippen LogP) is 6.57. The highest BCUT2D eigenvalue weighted by molar-refractivity contribution is 6.18. The molecule has 0 aliphatic heterocycles. The molecule has 0 radical (unpaired) electrons. The van der Waals surface area contributed by atoms with Crippen LogP contribution in [-0.2, 0) is 4.79 Å². The van der Waals surface area contributed by atoms with Crippen molar-refractivity contribution in [2.45, 2.75) is 27.2 Å². The first-order chi connectivity index (χ1) is 16.4. The van der Waals surface area contributed by atoms with Gasteiger partial charge in [0.15, 0.2) is 0 Å². The minimum atomic E-state index is -1.14. The van der Waals surface area contributed by atoms with Crippen molar-refractivity contribution in [1.29, 1.82) is 0 Å². The SMILES string of the molecule is CC/C=C(/C=C(/C(=O)O)c1cc(F)ccc1C)c1cc(OC)c(-c2ccc(OCC)cc2)cn1. The lowest BCUT2D eigenvalue weighted by Crippen LogP contribution is -2.03. The van der Waals surface area contributed by atoms with Crippen molar-refractivity contribution in [3.8, 4) is 22.6 Å². The number of allylic oxidation sites excluding steroid dienone is 3. The summed E-state index contributed by atoms with van der Waals surface area (Å²) in [5.74, 6) is -0.257. The van der Waals surface area contributed by atoms with E-state index in [-0.39, 0.29) is 5.57 Å². The van der Waals surface area contributed by atoms with E-state index in [1.807, 2.05) is 44.2 Å². The van der Waals surface area contributed by atoms with Crippen molar-refractivity contribution in [3.63, 3.8) is 0 Å². The van der Waals surface area contributed by atoms with Crippen LogP contribution in [0.5, 0.6) is 11.5 Å². The van der Waals surface area contributed by atoms with E-state index in [1.54, 1.807) is 32.4 Å². The number of rotatable bonds is 9. The molecule has 0 amide bonds. The number of carbonyl (C=O) groups is 1. The third kappa shape index (κ3) is 5.70. The maximum absolute atomic E-state index is 13.9. The predicted molar refractivity (Wildman–Crippen MR) is 132 cm³/mol. The summed E-state index contributed by atoms with van der Waals surface area (Å²) in [5.41, 5.74) is 3.87. The molecule has 5 nitrogen and oxygen atoms in total. The number of nitrogens with zero attached hydrogens (tertiary/aromatic N) is 1. The van der Waals surface area contributed by atoms with E-state index in [1.165, 1.54) is 18.2 Å². The third-order valence-corrected chi connectivity index (χ3v) is 5.30. The van der Waals surface area contributed by atoms with Crippen LogP contribution in [0, 0.1) is 12.7 Å². The zero-order chi connectivity index (χ0) is 24.7. The van der Waals surface area contributed by atoms with Gasteiger partial charge in [-0.3, -0.25) is 4.98 Å². The molecule has 176 valence electrons. The third-order valence-electron chi connectivity index (χ3n) is 5.30. The van der Waals surface area contributed by atoms with Crippen LogP contribution in [0.3, 0.4) is 0 Å². The number of carboxylic acid groups (broad SMARTS) is 1. The van der Waals surface area contributed by atoms with Crippen LogP contribution in [0.1, 0.15) is 37.1 Å². The molecule has 1 aromatic heterocycles. The maximum atomic E-state index is 13.9. The van der Waals surface area contributed by atoms with E-state index < -0.39 is 11.8 Å². The van der Waals surface area contributed by atoms with Gasteiger partial charge in [0.1, 0.15) is 17.3 Å². The summed E-state index contributed by atoms with van der Waals surface area (Å²) in [6.07, 6.45) is 5.78. The number of hydrogen-bond donors (Lipinski definition) is 1. The van der Waals surface area contributed by atoms with E-state index in [0.29, 0.717) is 41.2 Å². The van der Waals surface area contributed by atoms with Crippen molar-refractivity contribution in [2.24, 2.45) is 0 Å². The Kier molecular flexibility index (Phi) is 8.19. The highest BCUT2D eigenvalue weighted by atomic mass is 19.1. The second kappa shape index (κ2) is 11.3. The Morgan fingerprint density at radius 2 is 1.85 bits per heavy atom. The zero-order valence-corrected chi connectivity index (χ0v) is 19.8. The first kappa shape index (κ1) is 24.7. The van der Waals surface area contributed by atoms with Crippen molar-refractivity contribution in [2.75, 3.05) is 13.7 Å². The van der Waals surface area contributed by atoms with Gasteiger partial charge in [0.05, 0.1) is 25.0 Å². The lowest BCUT2D eigenvalue weighted by atomic mass is 9.96. The average Bonchev–Trinajstić information content (AvgIpc) is 2.83. The Hall–Kier alpha value is -3.93. The van der Waals surface area contributed by atoms with Crippen LogP contribution in [-0.4, -0.2) is 29.8 Å². The Balaban J connectivity index is 2.07. The molecule has 34 heavy (non-hydrogen) atoms. The van der Waals surface area contributed by atoms with Gasteiger partial charge < -0.3 is 14.6 Å². The number of methoxy groups -OCH3 is 1. The van der Waals surface area contributed by atoms with E-state index in [0.717, 1.165) is 16.9 Å². The number of aliphatic carboxylic acids is 1. The van der Waals surface area contributed by atoms with Gasteiger partial charge in [-0.1, -0.05) is 31.2 Å². The zero-order valence-electron chi connectivity index (χ0n) is 19.8. The average molecular weight is 462 g/mol. The fraction of sp³-hybridized carbons (Fsp3) is 0.214. The number of pyridine rings is 1. The number of halogens is 1. The van der Waals surface area contributed by atoms with Gasteiger partial charge in [0.2, 0.25) is 0 Å². The van der Waals surface area contributed by atoms with E-state index in [9.17, 15) is 14.3 Å². The summed E-state index contributed by atoms with van der Waals surface area (Å²) in [4.78, 5) is 16.7. The Bertz CT molecular complexity index is 1230. The molecular formula is C28H28FNO4. The van der Waals surface area contributed by atoms with Crippen LogP contribution < -0.4 is 9.47 Å². The van der Waals surface area contributed by atoms with Gasteiger partial charge >= 0.3 is 5.97 Å². The largest absolute Gasteiger partial charge is 0.496 e. The lowest BCUT2D eigenvalue weighted by molar-refractivity contribution is -0.130. The molecule has 0 saturated carbocycles. The molecule has 0 atom stereocenters. The summed E-state index contributed by atoms with van der Waals surface area (Å²) in [5, 5.41) is 9.89. The van der Waals surface area contributed by atoms with Gasteiger partial charge in [-0.25, -0.2) is 9.18 Å². The molecule has 0 saturated heterocycles. The summed E-state index contributed by atoms with van der Waals surface area (Å²) in [7, 11) is 1.58. The minimum absolute atomic E-state index is 0.00643. The first-order valence-corrected chi connectivity index (χ1v) is 11.1. The number of aromatic nitrogens is 1. The second-order valence-corrected chi connectivity index (χ2v) is 7.62. The van der Waals surface area contributed by atoms with Crippen molar-refractivity contribution in [1.82, 2.24) is 4.98 Å². The summed E-state index contributed by atoms with van der Waals surface area (Å²) < 4.78 is 25.0. The number of carboxylic acids is 1. The number of benzene rings is 2. The Labute approximate surface area is 199 Å². The molecule has 0 bridgehead atoms. The lowest BCUT2D eigenvalue weighted by Gasteiger charge is -2.13. The molecule has 3 rings (SSSR count). The standard InChI is InChI=1S/C28H28FNO4/c1-5-7-20(14-24(28(31)32)23-15-21(29)11-8-18(23)3)26-16-27(33-4)25(17-30-26)19-9-12-22(13-10-19)34-6-2/h7-17H,5-6H2,1-4H3,(H,31,32)/b20-7-,24-14+. The highest BCUT2D eigenvalue weighted by Crippen LogP contribution is 2.33. The van der Waals surface area contributed by atoms with Crippen LogP contribution in [0.2, 0.25) is 0 Å². The molecule has 1 heterocycles. The molecule has 0 fully saturated rings. The van der Waals surface area contributed by atoms with E-state index in [4.69, 9.17) is 9.47 Å². The fourth-order valence-electron chi connectivity index (χ4n) is 3.63. The smallest absolute Gasteiger partial charge is 0.336 e. The molecule has 2 aromatic carbocycles. The van der Waals surface area contributed by atoms with Crippen LogP contribution in [0.15, 0.2) is 66.9 Å². The molecular weight excluding hydrogens is 433 g/mol. The van der Waals surface area contributed by atoms with E-state index in [2.05, 4.69) is 4.98 Å². The Morgan fingerprint density at radius 3 is 2.47 bits per heavy atom. The summed E-state index contributed by atoms with van der Waals surface area (Å²) in [6, 6.07) is 13.5. The molecule has 6 heteroatoms. The number of hydrogen-bond acceptors (Lipinski definition) is 4. The number of ether oxygens (including phenoxy) is 2. The Morgan fingerprint density at radius 1 is 1.12 bits per heavy atom. The van der Waals surface area contributed by atoms with Crippen LogP contribution in [0.4, 0.5) is 4.39 Å². The number of aryl methyl sites for hydroxylation is 1. The van der Waals surface area contributed by atoms with Crippen molar-refractivity contribution in [3.05, 3.63) is 89.5 Å². The normalized spacial score (nSPS) is 11.9. The van der Waals surface area contributed by atoms with Gasteiger partial charge in [-0.05, 0) is 72.9 Å². The molecule has 0 aliphatic rings. The van der Waals surface area contributed by atoms with Gasteiger partial charge in [-0.2, -0.15) is 0 Å². The van der Waals surface area contributed by atoms with Gasteiger partial charge in [0.25, 0.3) is 0 Å². The van der Waals surface area contributed by atoms with Crippen molar-refractivity contribution >= 4 is 17.1 Å². The van der Waals surface area contributed by atoms with E-state index >= 15 is 0 Å². The van der Waals surface area contributed by atoms with Crippen molar-refractivity contribution < 1.29 is 23.8 Å². The molecule has 0 spiro atoms. The quantitative estimate of drug-likeness (QED) is 0.288. The molecule has 3 aromatic rings. The summed E-state index contributed by atoms with van der Waals surface area (Å²) in [6.45, 7) is 6.22. The monoisotopic (exact) mass is 461 g/mol. The maximum Gasteiger partial charge on any atom is 0.336 e. The van der Waals surface area contributed by atoms with Gasteiger partial charge in [-0.15, -0.1) is 0 Å². The topological polar surface area (TPSA) is 68.7 Å². The highest BCUT2D eigenvalue weighted by Gasteiger charge is 2.17. The molecule has 0 aliphatic carbocycles. The fourth-order valence-corrected chi connectivity index (χ4v) is 3.63. The van der Waals surface area contributed by atoms with Gasteiger partial charge in [0, 0.05) is 17.8 Å². The molecule has 0 unspecified atom stereocenters. The van der Waals surface area contributed by atoms with Crippen LogP contribution >= 0.6 is 0 Å². The molecule has 1 N–H and O–H groups in total. The minimum Gasteiger partial charge on any atom is -0.496 e. The first-order valence-electron chi connectivity index (χ1n) is 11.1. The van der Waals surface area contributed by atoms with Crippen LogP contribution in [0.25, 0.3) is 22.3 Å². The second-order valence-electron chi connectivity index (χ2n) is 7.62. The summed E-state index contributed by atoms with van der Waals surface area (Å²) >= 11 is 0.